The highest BCUT2D eigenvalue weighted by Gasteiger charge is 2.18. The van der Waals surface area contributed by atoms with Crippen LogP contribution in [0.4, 0.5) is 0 Å². The Bertz CT molecular complexity index is 664. The summed E-state index contributed by atoms with van der Waals surface area (Å²) in [6.45, 7) is 7.11. The summed E-state index contributed by atoms with van der Waals surface area (Å²) in [5.74, 6) is -0.00359. The Kier molecular flexibility index (Phi) is 4.68. The van der Waals surface area contributed by atoms with E-state index in [1.807, 2.05) is 43.7 Å². The van der Waals surface area contributed by atoms with E-state index < -0.39 is 0 Å². The molecule has 1 aromatic carbocycles. The average molecular weight is 306 g/mol. The first-order chi connectivity index (χ1) is 9.93. The molecule has 0 saturated carbocycles. The zero-order chi connectivity index (χ0) is 15.6. The minimum atomic E-state index is -0.00359. The zero-order valence-corrected chi connectivity index (χ0v) is 13.6. The monoisotopic (exact) mass is 305 g/mol. The number of amides is 1. The molecule has 0 aliphatic carbocycles. The van der Waals surface area contributed by atoms with Crippen molar-refractivity contribution in [3.05, 3.63) is 51.8 Å². The van der Waals surface area contributed by atoms with Gasteiger partial charge in [0.15, 0.2) is 0 Å². The predicted octanol–water partition coefficient (Wildman–Crippen LogP) is 3.45. The molecule has 2 rings (SSSR count). The van der Waals surface area contributed by atoms with Crippen molar-refractivity contribution in [2.45, 2.75) is 33.9 Å². The molecule has 0 saturated heterocycles. The van der Waals surface area contributed by atoms with Gasteiger partial charge in [0.25, 0.3) is 5.91 Å². The summed E-state index contributed by atoms with van der Waals surface area (Å²) in [6.07, 6.45) is 1.62. The van der Waals surface area contributed by atoms with Crippen LogP contribution in [-0.4, -0.2) is 27.6 Å². The molecule has 0 atom stereocenters. The average Bonchev–Trinajstić information content (AvgIpc) is 2.81. The van der Waals surface area contributed by atoms with Crippen LogP contribution in [0.3, 0.4) is 0 Å². The van der Waals surface area contributed by atoms with Gasteiger partial charge in [0.1, 0.15) is 0 Å². The first-order valence-electron chi connectivity index (χ1n) is 6.97. The lowest BCUT2D eigenvalue weighted by Gasteiger charge is -2.19. The molecule has 4 nitrogen and oxygen atoms in total. The van der Waals surface area contributed by atoms with Gasteiger partial charge in [-0.25, -0.2) is 0 Å². The molecule has 0 fully saturated rings. The van der Waals surface area contributed by atoms with Gasteiger partial charge < -0.3 is 4.90 Å². The third-order valence-electron chi connectivity index (χ3n) is 3.55. The standard InChI is InChI=1S/C16H20ClN3O/c1-5-20-15(14(17)9-18-20)10-19(4)16(21)13-8-11(2)6-7-12(13)3/h6-9H,5,10H2,1-4H3. The van der Waals surface area contributed by atoms with E-state index in [0.29, 0.717) is 11.6 Å². The first-order valence-corrected chi connectivity index (χ1v) is 7.34. The molecular weight excluding hydrogens is 286 g/mol. The van der Waals surface area contributed by atoms with Crippen molar-refractivity contribution in [1.29, 1.82) is 0 Å². The summed E-state index contributed by atoms with van der Waals surface area (Å²) in [7, 11) is 1.79. The Morgan fingerprint density at radius 2 is 2.10 bits per heavy atom. The van der Waals surface area contributed by atoms with E-state index in [1.54, 1.807) is 18.1 Å². The number of nitrogens with zero attached hydrogens (tertiary/aromatic N) is 3. The van der Waals surface area contributed by atoms with Crippen LogP contribution in [-0.2, 0) is 13.1 Å². The number of rotatable bonds is 4. The molecule has 5 heteroatoms. The molecule has 112 valence electrons. The van der Waals surface area contributed by atoms with Crippen LogP contribution < -0.4 is 0 Å². The Labute approximate surface area is 130 Å². The van der Waals surface area contributed by atoms with Gasteiger partial charge in [-0.15, -0.1) is 0 Å². The minimum absolute atomic E-state index is 0.00359. The first kappa shape index (κ1) is 15.6. The number of hydrogen-bond donors (Lipinski definition) is 0. The van der Waals surface area contributed by atoms with Crippen LogP contribution >= 0.6 is 11.6 Å². The zero-order valence-electron chi connectivity index (χ0n) is 12.9. The molecule has 0 unspecified atom stereocenters. The molecule has 1 heterocycles. The summed E-state index contributed by atoms with van der Waals surface area (Å²) in [5, 5.41) is 4.79. The van der Waals surface area contributed by atoms with E-state index in [1.165, 1.54) is 0 Å². The Morgan fingerprint density at radius 3 is 2.76 bits per heavy atom. The molecule has 0 aliphatic heterocycles. The van der Waals surface area contributed by atoms with Crippen LogP contribution in [0.1, 0.15) is 34.1 Å². The molecule has 2 aromatic rings. The maximum atomic E-state index is 12.6. The van der Waals surface area contributed by atoms with E-state index in [9.17, 15) is 4.79 Å². The SMILES string of the molecule is CCn1ncc(Cl)c1CN(C)C(=O)c1cc(C)ccc1C. The van der Waals surface area contributed by atoms with E-state index in [0.717, 1.165) is 28.9 Å². The number of aryl methyl sites for hydroxylation is 3. The number of hydrogen-bond acceptors (Lipinski definition) is 2. The van der Waals surface area contributed by atoms with Gasteiger partial charge in [-0.2, -0.15) is 5.10 Å². The predicted molar refractivity (Wildman–Crippen MR) is 84.6 cm³/mol. The van der Waals surface area contributed by atoms with E-state index >= 15 is 0 Å². The smallest absolute Gasteiger partial charge is 0.254 e. The highest BCUT2D eigenvalue weighted by Crippen LogP contribution is 2.19. The molecule has 0 bridgehead atoms. The number of benzene rings is 1. The number of halogens is 1. The van der Waals surface area contributed by atoms with Gasteiger partial charge in [-0.1, -0.05) is 29.3 Å². The molecule has 0 radical (unpaired) electrons. The summed E-state index contributed by atoms with van der Waals surface area (Å²) < 4.78 is 1.81. The third-order valence-corrected chi connectivity index (χ3v) is 3.87. The highest BCUT2D eigenvalue weighted by molar-refractivity contribution is 6.31. The van der Waals surface area contributed by atoms with Crippen LogP contribution in [0.15, 0.2) is 24.4 Å². The quantitative estimate of drug-likeness (QED) is 0.868. The summed E-state index contributed by atoms with van der Waals surface area (Å²) in [5.41, 5.74) is 3.65. The highest BCUT2D eigenvalue weighted by atomic mass is 35.5. The lowest BCUT2D eigenvalue weighted by molar-refractivity contribution is 0.0781. The normalized spacial score (nSPS) is 10.7. The van der Waals surface area contributed by atoms with Crippen LogP contribution in [0.5, 0.6) is 0 Å². The topological polar surface area (TPSA) is 38.1 Å². The van der Waals surface area contributed by atoms with Crippen molar-refractivity contribution < 1.29 is 4.79 Å². The van der Waals surface area contributed by atoms with Gasteiger partial charge in [-0.3, -0.25) is 9.48 Å². The molecule has 0 aliphatic rings. The molecular formula is C16H20ClN3O. The van der Waals surface area contributed by atoms with Crippen LogP contribution in [0.2, 0.25) is 5.02 Å². The van der Waals surface area contributed by atoms with Crippen molar-refractivity contribution >= 4 is 17.5 Å². The number of carbonyl (C=O) groups excluding carboxylic acids is 1. The molecule has 21 heavy (non-hydrogen) atoms. The van der Waals surface area contributed by atoms with Crippen LogP contribution in [0, 0.1) is 13.8 Å². The summed E-state index contributed by atoms with van der Waals surface area (Å²) in [4.78, 5) is 14.3. The van der Waals surface area contributed by atoms with Crippen LogP contribution in [0.25, 0.3) is 0 Å². The van der Waals surface area contributed by atoms with Gasteiger partial charge in [0.2, 0.25) is 0 Å². The van der Waals surface area contributed by atoms with Crippen molar-refractivity contribution in [2.24, 2.45) is 0 Å². The van der Waals surface area contributed by atoms with Gasteiger partial charge >= 0.3 is 0 Å². The van der Waals surface area contributed by atoms with Crippen molar-refractivity contribution in [1.82, 2.24) is 14.7 Å². The number of carbonyl (C=O) groups is 1. The fourth-order valence-electron chi connectivity index (χ4n) is 2.29. The lowest BCUT2D eigenvalue weighted by Crippen LogP contribution is -2.28. The molecule has 0 N–H and O–H groups in total. The second kappa shape index (κ2) is 6.31. The summed E-state index contributed by atoms with van der Waals surface area (Å²) >= 11 is 6.15. The molecule has 0 spiro atoms. The van der Waals surface area contributed by atoms with Crippen molar-refractivity contribution in [3.63, 3.8) is 0 Å². The van der Waals surface area contributed by atoms with Gasteiger partial charge in [0, 0.05) is 19.2 Å². The van der Waals surface area contributed by atoms with Crippen molar-refractivity contribution in [3.8, 4) is 0 Å². The largest absolute Gasteiger partial charge is 0.336 e. The third kappa shape index (κ3) is 3.27. The number of aromatic nitrogens is 2. The fourth-order valence-corrected chi connectivity index (χ4v) is 2.49. The Morgan fingerprint density at radius 1 is 1.38 bits per heavy atom. The van der Waals surface area contributed by atoms with Gasteiger partial charge in [-0.05, 0) is 32.4 Å². The van der Waals surface area contributed by atoms with E-state index in [4.69, 9.17) is 11.6 Å². The second-order valence-corrected chi connectivity index (χ2v) is 5.64. The molecule has 1 aromatic heterocycles. The molecule has 1 amide bonds. The van der Waals surface area contributed by atoms with Gasteiger partial charge in [0.05, 0.1) is 23.5 Å². The van der Waals surface area contributed by atoms with E-state index in [2.05, 4.69) is 5.10 Å². The lowest BCUT2D eigenvalue weighted by atomic mass is 10.0. The minimum Gasteiger partial charge on any atom is -0.336 e. The maximum absolute atomic E-state index is 12.6. The fraction of sp³-hybridized carbons (Fsp3) is 0.375. The maximum Gasteiger partial charge on any atom is 0.254 e. The Balaban J connectivity index is 2.23. The Hall–Kier alpha value is -1.81. The van der Waals surface area contributed by atoms with Crippen molar-refractivity contribution in [2.75, 3.05) is 7.05 Å². The van der Waals surface area contributed by atoms with E-state index in [-0.39, 0.29) is 5.91 Å². The summed E-state index contributed by atoms with van der Waals surface area (Å²) in [6, 6.07) is 5.90. The second-order valence-electron chi connectivity index (χ2n) is 5.23.